The number of nitrogens with zero attached hydrogens (tertiary/aromatic N) is 1. The summed E-state index contributed by atoms with van der Waals surface area (Å²) in [5, 5.41) is 7.03. The molecule has 0 bridgehead atoms. The Bertz CT molecular complexity index is 1010. The smallest absolute Gasteiger partial charge is 0.307 e. The highest BCUT2D eigenvalue weighted by Gasteiger charge is 2.14. The Morgan fingerprint density at radius 3 is 2.62 bits per heavy atom. The van der Waals surface area contributed by atoms with Crippen molar-refractivity contribution in [2.24, 2.45) is 0 Å². The van der Waals surface area contributed by atoms with Gasteiger partial charge in [0, 0.05) is 12.1 Å². The molecule has 1 N–H and O–H groups in total. The van der Waals surface area contributed by atoms with E-state index in [9.17, 15) is 4.79 Å². The highest BCUT2D eigenvalue weighted by molar-refractivity contribution is 7.08. The molecule has 2 heterocycles. The van der Waals surface area contributed by atoms with Crippen molar-refractivity contribution in [2.45, 2.75) is 6.54 Å². The van der Waals surface area contributed by atoms with Crippen molar-refractivity contribution in [3.05, 3.63) is 89.1 Å². The molecule has 4 aromatic rings. The Kier molecular flexibility index (Phi) is 4.62. The number of thiophene rings is 1. The van der Waals surface area contributed by atoms with Gasteiger partial charge >= 0.3 is 5.91 Å². The van der Waals surface area contributed by atoms with Crippen molar-refractivity contribution in [2.75, 3.05) is 0 Å². The molecule has 0 fully saturated rings. The molecule has 0 aliphatic rings. The molecule has 0 spiro atoms. The number of carbonyl (C=O) groups is 1. The van der Waals surface area contributed by atoms with Crippen molar-refractivity contribution in [3.8, 4) is 22.5 Å². The Morgan fingerprint density at radius 2 is 1.81 bits per heavy atom. The van der Waals surface area contributed by atoms with Gasteiger partial charge in [-0.3, -0.25) is 4.79 Å². The summed E-state index contributed by atoms with van der Waals surface area (Å²) in [6.07, 6.45) is 1.57. The molecular weight excluding hydrogens is 344 g/mol. The maximum absolute atomic E-state index is 12.4. The molecule has 4 nitrogen and oxygen atoms in total. The minimum absolute atomic E-state index is 0.0665. The fraction of sp³-hybridized carbons (Fsp3) is 0.0476. The molecule has 4 rings (SSSR count). The molecule has 128 valence electrons. The minimum atomic E-state index is -0.327. The monoisotopic (exact) mass is 360 g/mol. The molecule has 0 unspecified atom stereocenters. The molecule has 5 heteroatoms. The lowest BCUT2D eigenvalue weighted by molar-refractivity contribution is 0.0917. The van der Waals surface area contributed by atoms with Crippen LogP contribution < -0.4 is 5.32 Å². The van der Waals surface area contributed by atoms with Crippen LogP contribution in [0.25, 0.3) is 22.5 Å². The molecule has 2 aromatic heterocycles. The second-order valence-electron chi connectivity index (χ2n) is 5.75. The average Bonchev–Trinajstić information content (AvgIpc) is 3.39. The Hall–Kier alpha value is -3.18. The topological polar surface area (TPSA) is 55.1 Å². The third-order valence-electron chi connectivity index (χ3n) is 4.05. The summed E-state index contributed by atoms with van der Waals surface area (Å²) in [4.78, 5) is 16.5. The van der Waals surface area contributed by atoms with E-state index in [2.05, 4.69) is 27.8 Å². The summed E-state index contributed by atoms with van der Waals surface area (Å²) in [5.74, 6) is 0.318. The van der Waals surface area contributed by atoms with Gasteiger partial charge < -0.3 is 9.73 Å². The lowest BCUT2D eigenvalue weighted by Crippen LogP contribution is -2.23. The fourth-order valence-electron chi connectivity index (χ4n) is 2.74. The summed E-state index contributed by atoms with van der Waals surface area (Å²) in [6, 6.07) is 19.7. The average molecular weight is 360 g/mol. The van der Waals surface area contributed by atoms with E-state index in [-0.39, 0.29) is 11.8 Å². The first-order valence-corrected chi connectivity index (χ1v) is 9.15. The normalized spacial score (nSPS) is 10.6. The van der Waals surface area contributed by atoms with Crippen LogP contribution in [0.3, 0.4) is 0 Å². The van der Waals surface area contributed by atoms with Crippen LogP contribution in [0, 0.1) is 0 Å². The van der Waals surface area contributed by atoms with Crippen molar-refractivity contribution < 1.29 is 9.21 Å². The molecule has 26 heavy (non-hydrogen) atoms. The van der Waals surface area contributed by atoms with E-state index in [0.29, 0.717) is 12.3 Å². The van der Waals surface area contributed by atoms with Crippen LogP contribution in [0.1, 0.15) is 16.2 Å². The molecular formula is C21H16N2O2S. The first kappa shape index (κ1) is 16.3. The van der Waals surface area contributed by atoms with Crippen molar-refractivity contribution in [1.29, 1.82) is 0 Å². The van der Waals surface area contributed by atoms with Crippen LogP contribution in [-0.4, -0.2) is 10.9 Å². The van der Waals surface area contributed by atoms with Gasteiger partial charge in [-0.05, 0) is 33.5 Å². The van der Waals surface area contributed by atoms with Gasteiger partial charge in [0.05, 0.1) is 6.20 Å². The van der Waals surface area contributed by atoms with Crippen LogP contribution in [-0.2, 0) is 6.54 Å². The van der Waals surface area contributed by atoms with Gasteiger partial charge in [-0.1, -0.05) is 54.6 Å². The minimum Gasteiger partial charge on any atom is -0.432 e. The number of carbonyl (C=O) groups excluding carboxylic acids is 1. The molecule has 0 aliphatic carbocycles. The maximum atomic E-state index is 12.4. The zero-order chi connectivity index (χ0) is 17.8. The lowest BCUT2D eigenvalue weighted by Gasteiger charge is -2.08. The summed E-state index contributed by atoms with van der Waals surface area (Å²) < 4.78 is 5.60. The summed E-state index contributed by atoms with van der Waals surface area (Å²) in [5.41, 5.74) is 4.21. The zero-order valence-corrected chi connectivity index (χ0v) is 14.7. The van der Waals surface area contributed by atoms with Gasteiger partial charge in [-0.25, -0.2) is 4.98 Å². The molecule has 2 aromatic carbocycles. The molecule has 0 saturated heterocycles. The van der Waals surface area contributed by atoms with Crippen molar-refractivity contribution in [1.82, 2.24) is 10.3 Å². The third-order valence-corrected chi connectivity index (χ3v) is 4.73. The highest BCUT2D eigenvalue weighted by Crippen LogP contribution is 2.26. The Balaban J connectivity index is 1.48. The number of benzene rings is 2. The van der Waals surface area contributed by atoms with Crippen molar-refractivity contribution in [3.63, 3.8) is 0 Å². The van der Waals surface area contributed by atoms with Gasteiger partial charge in [-0.15, -0.1) is 0 Å². The second-order valence-corrected chi connectivity index (χ2v) is 6.53. The van der Waals surface area contributed by atoms with E-state index < -0.39 is 0 Å². The molecule has 0 aliphatic heterocycles. The predicted octanol–water partition coefficient (Wildman–Crippen LogP) is 5.00. The largest absolute Gasteiger partial charge is 0.432 e. The van der Waals surface area contributed by atoms with Gasteiger partial charge in [-0.2, -0.15) is 11.3 Å². The van der Waals surface area contributed by atoms with Gasteiger partial charge in [0.15, 0.2) is 5.76 Å². The summed E-state index contributed by atoms with van der Waals surface area (Å²) in [7, 11) is 0. The predicted molar refractivity (Wildman–Crippen MR) is 103 cm³/mol. The van der Waals surface area contributed by atoms with E-state index in [0.717, 1.165) is 22.3 Å². The number of amides is 1. The quantitative estimate of drug-likeness (QED) is 0.545. The van der Waals surface area contributed by atoms with Crippen LogP contribution in [0.4, 0.5) is 0 Å². The van der Waals surface area contributed by atoms with E-state index in [1.54, 1.807) is 17.5 Å². The van der Waals surface area contributed by atoms with Crippen LogP contribution in [0.2, 0.25) is 0 Å². The molecule has 0 atom stereocenters. The number of aromatic nitrogens is 1. The van der Waals surface area contributed by atoms with Crippen LogP contribution in [0.5, 0.6) is 0 Å². The highest BCUT2D eigenvalue weighted by atomic mass is 32.1. The fourth-order valence-corrected chi connectivity index (χ4v) is 3.40. The van der Waals surface area contributed by atoms with Gasteiger partial charge in [0.25, 0.3) is 5.89 Å². The first-order valence-electron chi connectivity index (χ1n) is 8.21. The Morgan fingerprint density at radius 1 is 1.00 bits per heavy atom. The third kappa shape index (κ3) is 3.43. The number of hydrogen-bond donors (Lipinski definition) is 1. The summed E-state index contributed by atoms with van der Waals surface area (Å²) in [6.45, 7) is 0.411. The van der Waals surface area contributed by atoms with Crippen LogP contribution in [0.15, 0.2) is 82.0 Å². The number of hydrogen-bond acceptors (Lipinski definition) is 4. The zero-order valence-electron chi connectivity index (χ0n) is 13.9. The van der Waals surface area contributed by atoms with E-state index in [4.69, 9.17) is 4.42 Å². The second kappa shape index (κ2) is 7.37. The van der Waals surface area contributed by atoms with Crippen molar-refractivity contribution >= 4 is 17.2 Å². The molecule has 1 amide bonds. The molecule has 0 radical (unpaired) electrons. The van der Waals surface area contributed by atoms with Gasteiger partial charge in [0.2, 0.25) is 0 Å². The standard InChI is InChI=1S/C21H16N2O2S/c24-20(21-23-13-19(25-21)15-6-2-1-3-7-15)22-12-16-8-4-5-9-18(16)17-10-11-26-14-17/h1-11,13-14H,12H2,(H,22,24). The van der Waals surface area contributed by atoms with Gasteiger partial charge in [0.1, 0.15) is 0 Å². The number of oxazole rings is 1. The van der Waals surface area contributed by atoms with Crippen LogP contribution >= 0.6 is 11.3 Å². The van der Waals surface area contributed by atoms with E-state index in [1.807, 2.05) is 53.9 Å². The first-order chi connectivity index (χ1) is 12.8. The number of rotatable bonds is 5. The lowest BCUT2D eigenvalue weighted by atomic mass is 10.0. The van der Waals surface area contributed by atoms with E-state index >= 15 is 0 Å². The van der Waals surface area contributed by atoms with E-state index in [1.165, 1.54) is 0 Å². The Labute approximate surface area is 155 Å². The summed E-state index contributed by atoms with van der Waals surface area (Å²) >= 11 is 1.65. The number of nitrogens with one attached hydrogen (secondary N) is 1. The SMILES string of the molecule is O=C(NCc1ccccc1-c1ccsc1)c1ncc(-c2ccccc2)o1. The molecule has 0 saturated carbocycles. The maximum Gasteiger partial charge on any atom is 0.307 e.